The SMILES string of the molecule is C=C(N)/C=C(\C=C/N)CN1CCC(C(=O)N2CCN(Cc3ccccc3OC(F)F)CC2)CC1. The Morgan fingerprint density at radius 2 is 1.79 bits per heavy atom. The number of piperazine rings is 1. The molecule has 0 aliphatic carbocycles. The van der Waals surface area contributed by atoms with Crippen molar-refractivity contribution in [1.29, 1.82) is 0 Å². The lowest BCUT2D eigenvalue weighted by Crippen LogP contribution is -2.51. The highest BCUT2D eigenvalue weighted by molar-refractivity contribution is 5.79. The Morgan fingerprint density at radius 1 is 1.12 bits per heavy atom. The number of amides is 1. The Kier molecular flexibility index (Phi) is 9.47. The fourth-order valence-electron chi connectivity index (χ4n) is 4.58. The molecule has 7 nitrogen and oxygen atoms in total. The first-order chi connectivity index (χ1) is 16.4. The number of rotatable bonds is 9. The first-order valence-corrected chi connectivity index (χ1v) is 11.6. The quantitative estimate of drug-likeness (QED) is 0.534. The fourth-order valence-corrected chi connectivity index (χ4v) is 4.58. The van der Waals surface area contributed by atoms with E-state index in [0.717, 1.165) is 43.6 Å². The molecular formula is C25H35F2N5O2. The fraction of sp³-hybridized carbons (Fsp3) is 0.480. The summed E-state index contributed by atoms with van der Waals surface area (Å²) in [4.78, 5) is 19.5. The minimum absolute atomic E-state index is 0.0323. The van der Waals surface area contributed by atoms with Gasteiger partial charge in [-0.05, 0) is 55.9 Å². The molecule has 34 heavy (non-hydrogen) atoms. The number of hydrogen-bond donors (Lipinski definition) is 2. The summed E-state index contributed by atoms with van der Waals surface area (Å²) >= 11 is 0. The molecule has 2 aliphatic heterocycles. The normalized spacial score (nSPS) is 19.1. The number of carbonyl (C=O) groups is 1. The minimum atomic E-state index is -2.85. The number of nitrogens with zero attached hydrogens (tertiary/aromatic N) is 3. The highest BCUT2D eigenvalue weighted by Crippen LogP contribution is 2.24. The summed E-state index contributed by atoms with van der Waals surface area (Å²) in [6.45, 7) is 6.49. The van der Waals surface area contributed by atoms with Gasteiger partial charge in [-0.25, -0.2) is 0 Å². The average Bonchev–Trinajstić information content (AvgIpc) is 2.80. The molecule has 9 heteroatoms. The molecule has 0 atom stereocenters. The van der Waals surface area contributed by atoms with Crippen LogP contribution in [-0.2, 0) is 11.3 Å². The molecule has 3 rings (SSSR count). The first kappa shape index (κ1) is 25.7. The van der Waals surface area contributed by atoms with Crippen molar-refractivity contribution in [3.05, 3.63) is 66.0 Å². The Morgan fingerprint density at radius 3 is 2.41 bits per heavy atom. The van der Waals surface area contributed by atoms with E-state index in [1.165, 1.54) is 6.20 Å². The van der Waals surface area contributed by atoms with Crippen LogP contribution in [-0.4, -0.2) is 73.0 Å². The molecule has 0 aromatic heterocycles. The van der Waals surface area contributed by atoms with E-state index in [-0.39, 0.29) is 17.6 Å². The number of piperidine rings is 1. The van der Waals surface area contributed by atoms with E-state index in [2.05, 4.69) is 21.1 Å². The Bertz CT molecular complexity index is 889. The van der Waals surface area contributed by atoms with Crippen molar-refractivity contribution < 1.29 is 18.3 Å². The first-order valence-electron chi connectivity index (χ1n) is 11.6. The molecule has 4 N–H and O–H groups in total. The zero-order chi connectivity index (χ0) is 24.5. The Hall–Kier alpha value is -2.91. The van der Waals surface area contributed by atoms with E-state index in [0.29, 0.717) is 38.4 Å². The number of halogens is 2. The minimum Gasteiger partial charge on any atom is -0.434 e. The molecule has 0 unspecified atom stereocenters. The number of para-hydroxylation sites is 1. The van der Waals surface area contributed by atoms with Crippen LogP contribution < -0.4 is 16.2 Å². The van der Waals surface area contributed by atoms with Crippen LogP contribution in [0.4, 0.5) is 8.78 Å². The van der Waals surface area contributed by atoms with Crippen molar-refractivity contribution in [2.75, 3.05) is 45.8 Å². The number of likely N-dealkylation sites (tertiary alicyclic amines) is 1. The summed E-state index contributed by atoms with van der Waals surface area (Å²) in [6.07, 6.45) is 6.78. The van der Waals surface area contributed by atoms with Crippen LogP contribution in [0.25, 0.3) is 0 Å². The Labute approximate surface area is 200 Å². The van der Waals surface area contributed by atoms with Gasteiger partial charge >= 0.3 is 6.61 Å². The maximum absolute atomic E-state index is 13.1. The van der Waals surface area contributed by atoms with Crippen molar-refractivity contribution in [1.82, 2.24) is 14.7 Å². The van der Waals surface area contributed by atoms with Gasteiger partial charge in [-0.1, -0.05) is 24.8 Å². The molecule has 1 amide bonds. The second kappa shape index (κ2) is 12.5. The largest absolute Gasteiger partial charge is 0.434 e. The van der Waals surface area contributed by atoms with Crippen molar-refractivity contribution in [3.63, 3.8) is 0 Å². The number of allylic oxidation sites excluding steroid dienone is 1. The second-order valence-corrected chi connectivity index (χ2v) is 8.79. The zero-order valence-corrected chi connectivity index (χ0v) is 19.5. The molecule has 2 heterocycles. The lowest BCUT2D eigenvalue weighted by Gasteiger charge is -2.38. The predicted octanol–water partition coefficient (Wildman–Crippen LogP) is 2.52. The van der Waals surface area contributed by atoms with E-state index in [1.807, 2.05) is 23.1 Å². The third-order valence-electron chi connectivity index (χ3n) is 6.29. The van der Waals surface area contributed by atoms with Crippen molar-refractivity contribution in [2.45, 2.75) is 26.0 Å². The molecule has 2 aliphatic rings. The van der Waals surface area contributed by atoms with Gasteiger partial charge in [0.05, 0.1) is 0 Å². The van der Waals surface area contributed by atoms with Crippen LogP contribution in [0.5, 0.6) is 5.75 Å². The van der Waals surface area contributed by atoms with Gasteiger partial charge in [0.2, 0.25) is 5.91 Å². The van der Waals surface area contributed by atoms with Crippen molar-refractivity contribution in [3.8, 4) is 5.75 Å². The van der Waals surface area contributed by atoms with Crippen LogP contribution in [0.1, 0.15) is 18.4 Å². The molecule has 2 fully saturated rings. The third-order valence-corrected chi connectivity index (χ3v) is 6.29. The molecule has 0 saturated carbocycles. The lowest BCUT2D eigenvalue weighted by atomic mass is 9.94. The zero-order valence-electron chi connectivity index (χ0n) is 19.5. The summed E-state index contributed by atoms with van der Waals surface area (Å²) < 4.78 is 30.0. The molecule has 1 aromatic carbocycles. The van der Waals surface area contributed by atoms with Crippen molar-refractivity contribution in [2.24, 2.45) is 17.4 Å². The molecule has 0 spiro atoms. The molecule has 0 bridgehead atoms. The number of benzene rings is 1. The number of alkyl halides is 2. The maximum atomic E-state index is 13.1. The second-order valence-electron chi connectivity index (χ2n) is 8.79. The van der Waals surface area contributed by atoms with E-state index >= 15 is 0 Å². The summed E-state index contributed by atoms with van der Waals surface area (Å²) in [5.74, 6) is 0.456. The van der Waals surface area contributed by atoms with Gasteiger partial charge in [-0.15, -0.1) is 0 Å². The summed E-state index contributed by atoms with van der Waals surface area (Å²) in [6, 6.07) is 6.86. The summed E-state index contributed by atoms with van der Waals surface area (Å²) in [5, 5.41) is 0. The monoisotopic (exact) mass is 475 g/mol. The summed E-state index contributed by atoms with van der Waals surface area (Å²) in [7, 11) is 0. The van der Waals surface area contributed by atoms with E-state index in [4.69, 9.17) is 11.5 Å². The van der Waals surface area contributed by atoms with Crippen LogP contribution in [0.15, 0.2) is 60.5 Å². The molecular weight excluding hydrogens is 440 g/mol. The van der Waals surface area contributed by atoms with Gasteiger partial charge in [0.1, 0.15) is 5.75 Å². The third kappa shape index (κ3) is 7.56. The van der Waals surface area contributed by atoms with E-state index < -0.39 is 6.61 Å². The van der Waals surface area contributed by atoms with Gasteiger partial charge < -0.3 is 21.1 Å². The van der Waals surface area contributed by atoms with Crippen LogP contribution >= 0.6 is 0 Å². The van der Waals surface area contributed by atoms with Gasteiger partial charge in [-0.3, -0.25) is 14.6 Å². The van der Waals surface area contributed by atoms with E-state index in [9.17, 15) is 13.6 Å². The van der Waals surface area contributed by atoms with Crippen LogP contribution in [0, 0.1) is 5.92 Å². The predicted molar refractivity (Wildman–Crippen MR) is 129 cm³/mol. The summed E-state index contributed by atoms with van der Waals surface area (Å²) in [5.41, 5.74) is 13.4. The van der Waals surface area contributed by atoms with Crippen LogP contribution in [0.3, 0.4) is 0 Å². The number of ether oxygens (including phenoxy) is 1. The molecule has 1 aromatic rings. The van der Waals surface area contributed by atoms with Gasteiger partial charge in [0.15, 0.2) is 0 Å². The topological polar surface area (TPSA) is 88.1 Å². The highest BCUT2D eigenvalue weighted by atomic mass is 19.3. The molecule has 186 valence electrons. The van der Waals surface area contributed by atoms with Crippen molar-refractivity contribution >= 4 is 5.91 Å². The number of carbonyl (C=O) groups excluding carboxylic acids is 1. The standard InChI is InChI=1S/C25H35F2N5O2/c1-19(29)16-20(6-9-28)17-30-10-7-21(8-11-30)24(33)32-14-12-31(13-15-32)18-22-4-2-3-5-23(22)34-25(26)27/h2-6,9,16,21,25H,1,7-8,10-15,17-18,28-29H2/b9-6-,20-16+. The van der Waals surface area contributed by atoms with Gasteiger partial charge in [-0.2, -0.15) is 8.78 Å². The van der Waals surface area contributed by atoms with Gasteiger partial charge in [0.25, 0.3) is 0 Å². The molecule has 0 radical (unpaired) electrons. The maximum Gasteiger partial charge on any atom is 0.387 e. The molecule has 2 saturated heterocycles. The van der Waals surface area contributed by atoms with Gasteiger partial charge in [0, 0.05) is 56.4 Å². The average molecular weight is 476 g/mol. The smallest absolute Gasteiger partial charge is 0.387 e. The lowest BCUT2D eigenvalue weighted by molar-refractivity contribution is -0.138. The Balaban J connectivity index is 1.45. The number of nitrogens with two attached hydrogens (primary N) is 2. The van der Waals surface area contributed by atoms with E-state index in [1.54, 1.807) is 18.2 Å². The highest BCUT2D eigenvalue weighted by Gasteiger charge is 2.30. The number of hydrogen-bond acceptors (Lipinski definition) is 6. The van der Waals surface area contributed by atoms with Crippen LogP contribution in [0.2, 0.25) is 0 Å².